The molecule has 2 heteroatoms. The molecule has 2 nitrogen and oxygen atoms in total. The van der Waals surface area contributed by atoms with E-state index in [1.54, 1.807) is 14.2 Å². The third-order valence-electron chi connectivity index (χ3n) is 2.49. The topological polar surface area (TPSA) is 21.3 Å². The highest BCUT2D eigenvalue weighted by Gasteiger charge is 2.20. The van der Waals surface area contributed by atoms with Gasteiger partial charge in [0.05, 0.1) is 0 Å². The van der Waals surface area contributed by atoms with Crippen LogP contribution >= 0.6 is 0 Å². The standard InChI is InChI=1S/C11H13N.C2H6O/c1-7-4-5-11-10(6-7)8(2)9(3)12-11;1-3-2/h4-6,8,12H,3H2,1-2H3;1-2H3. The molecule has 1 atom stereocenters. The first-order valence-electron chi connectivity index (χ1n) is 5.06. The van der Waals surface area contributed by atoms with Gasteiger partial charge in [0, 0.05) is 31.5 Å². The Kier molecular flexibility index (Phi) is 3.92. The highest BCUT2D eigenvalue weighted by Crippen LogP contribution is 2.37. The van der Waals surface area contributed by atoms with Crippen molar-refractivity contribution in [1.29, 1.82) is 0 Å². The normalized spacial score (nSPS) is 17.6. The van der Waals surface area contributed by atoms with Crippen LogP contribution in [0.2, 0.25) is 0 Å². The lowest BCUT2D eigenvalue weighted by atomic mass is 10.00. The van der Waals surface area contributed by atoms with Crippen LogP contribution in [0.15, 0.2) is 30.5 Å². The van der Waals surface area contributed by atoms with Crippen molar-refractivity contribution in [1.82, 2.24) is 0 Å². The van der Waals surface area contributed by atoms with E-state index >= 15 is 0 Å². The second-order valence-corrected chi connectivity index (χ2v) is 3.87. The highest BCUT2D eigenvalue weighted by molar-refractivity contribution is 5.65. The van der Waals surface area contributed by atoms with Crippen molar-refractivity contribution >= 4 is 5.69 Å². The molecule has 0 radical (unpaired) electrons. The van der Waals surface area contributed by atoms with Gasteiger partial charge in [0.15, 0.2) is 0 Å². The number of anilines is 1. The monoisotopic (exact) mass is 205 g/mol. The Morgan fingerprint density at radius 3 is 2.53 bits per heavy atom. The Balaban J connectivity index is 0.000000337. The summed E-state index contributed by atoms with van der Waals surface area (Å²) in [5, 5.41) is 3.28. The van der Waals surface area contributed by atoms with E-state index in [1.807, 2.05) is 0 Å². The molecule has 0 fully saturated rings. The second kappa shape index (κ2) is 4.99. The van der Waals surface area contributed by atoms with E-state index in [9.17, 15) is 0 Å². The molecule has 1 heterocycles. The van der Waals surface area contributed by atoms with Gasteiger partial charge in [-0.1, -0.05) is 31.2 Å². The molecule has 1 unspecified atom stereocenters. The molecule has 15 heavy (non-hydrogen) atoms. The van der Waals surface area contributed by atoms with Crippen LogP contribution in [0.3, 0.4) is 0 Å². The quantitative estimate of drug-likeness (QED) is 0.701. The molecule has 1 aliphatic heterocycles. The lowest BCUT2D eigenvalue weighted by Crippen LogP contribution is -1.92. The summed E-state index contributed by atoms with van der Waals surface area (Å²) >= 11 is 0. The van der Waals surface area contributed by atoms with E-state index in [4.69, 9.17) is 0 Å². The molecule has 2 rings (SSSR count). The number of rotatable bonds is 0. The van der Waals surface area contributed by atoms with Gasteiger partial charge < -0.3 is 10.1 Å². The van der Waals surface area contributed by atoms with Gasteiger partial charge >= 0.3 is 0 Å². The molecule has 1 aromatic carbocycles. The molecule has 0 aromatic heterocycles. The minimum Gasteiger partial charge on any atom is -0.388 e. The smallest absolute Gasteiger partial charge is 0.0421 e. The lowest BCUT2D eigenvalue weighted by molar-refractivity contribution is 0.277. The first-order valence-corrected chi connectivity index (χ1v) is 5.06. The second-order valence-electron chi connectivity index (χ2n) is 3.87. The van der Waals surface area contributed by atoms with Gasteiger partial charge in [0.25, 0.3) is 0 Å². The van der Waals surface area contributed by atoms with Gasteiger partial charge in [-0.05, 0) is 18.6 Å². The molecule has 0 amide bonds. The third-order valence-corrected chi connectivity index (χ3v) is 2.49. The van der Waals surface area contributed by atoms with E-state index < -0.39 is 0 Å². The minimum atomic E-state index is 0.458. The summed E-state index contributed by atoms with van der Waals surface area (Å²) in [6, 6.07) is 6.47. The van der Waals surface area contributed by atoms with Crippen LogP contribution in [0, 0.1) is 6.92 Å². The Bertz CT molecular complexity index is 358. The van der Waals surface area contributed by atoms with Gasteiger partial charge in [-0.3, -0.25) is 0 Å². The maximum Gasteiger partial charge on any atom is 0.0421 e. The number of hydrogen-bond acceptors (Lipinski definition) is 2. The van der Waals surface area contributed by atoms with E-state index in [1.165, 1.54) is 16.8 Å². The van der Waals surface area contributed by atoms with Gasteiger partial charge in [0.2, 0.25) is 0 Å². The molecule has 0 saturated heterocycles. The number of hydrogen-bond donors (Lipinski definition) is 1. The van der Waals surface area contributed by atoms with E-state index in [0.717, 1.165) is 5.70 Å². The fourth-order valence-corrected chi connectivity index (χ4v) is 1.62. The SMILES string of the molecule is C=C1Nc2ccc(C)cc2C1C.COC. The van der Waals surface area contributed by atoms with Crippen LogP contribution < -0.4 is 5.32 Å². The molecule has 1 aliphatic rings. The van der Waals surface area contributed by atoms with Gasteiger partial charge in [-0.2, -0.15) is 0 Å². The zero-order valence-corrected chi connectivity index (χ0v) is 9.92. The summed E-state index contributed by atoms with van der Waals surface area (Å²) in [7, 11) is 3.25. The van der Waals surface area contributed by atoms with Crippen LogP contribution in [0.5, 0.6) is 0 Å². The lowest BCUT2D eigenvalue weighted by Gasteiger charge is -2.02. The number of ether oxygens (including phenoxy) is 1. The first kappa shape index (κ1) is 11.8. The Morgan fingerprint density at radius 1 is 1.33 bits per heavy atom. The summed E-state index contributed by atoms with van der Waals surface area (Å²) in [4.78, 5) is 0. The first-order chi connectivity index (χ1) is 7.10. The number of methoxy groups -OCH3 is 1. The summed E-state index contributed by atoms with van der Waals surface area (Å²) in [6.45, 7) is 8.27. The number of nitrogens with one attached hydrogen (secondary N) is 1. The number of aryl methyl sites for hydroxylation is 1. The van der Waals surface area contributed by atoms with Gasteiger partial charge in [-0.25, -0.2) is 0 Å². The van der Waals surface area contributed by atoms with Crippen molar-refractivity contribution < 1.29 is 4.74 Å². The Hall–Kier alpha value is -1.28. The Labute approximate surface area is 92.0 Å². The van der Waals surface area contributed by atoms with Crippen molar-refractivity contribution in [2.24, 2.45) is 0 Å². The number of benzene rings is 1. The Morgan fingerprint density at radius 2 is 1.93 bits per heavy atom. The van der Waals surface area contributed by atoms with Crippen LogP contribution in [0.1, 0.15) is 24.0 Å². The summed E-state index contributed by atoms with van der Waals surface area (Å²) in [6.07, 6.45) is 0. The fourth-order valence-electron chi connectivity index (χ4n) is 1.62. The maximum absolute atomic E-state index is 4.25. The average Bonchev–Trinajstić information content (AvgIpc) is 2.46. The third kappa shape index (κ3) is 2.60. The largest absolute Gasteiger partial charge is 0.388 e. The molecule has 0 aliphatic carbocycles. The maximum atomic E-state index is 4.25. The fraction of sp³-hybridized carbons (Fsp3) is 0.385. The summed E-state index contributed by atoms with van der Waals surface area (Å²) in [5.74, 6) is 0.458. The molecule has 1 aromatic rings. The molecule has 0 spiro atoms. The van der Waals surface area contributed by atoms with Crippen LogP contribution in [0.25, 0.3) is 0 Å². The van der Waals surface area contributed by atoms with Crippen LogP contribution in [-0.4, -0.2) is 14.2 Å². The van der Waals surface area contributed by atoms with E-state index in [2.05, 4.69) is 48.7 Å². The number of fused-ring (bicyclic) bond motifs is 1. The van der Waals surface area contributed by atoms with Crippen molar-refractivity contribution in [3.63, 3.8) is 0 Å². The van der Waals surface area contributed by atoms with E-state index in [-0.39, 0.29) is 0 Å². The van der Waals surface area contributed by atoms with E-state index in [0.29, 0.717) is 5.92 Å². The summed E-state index contributed by atoms with van der Waals surface area (Å²) < 4.78 is 4.25. The molecule has 0 saturated carbocycles. The predicted molar refractivity (Wildman–Crippen MR) is 65.3 cm³/mol. The minimum absolute atomic E-state index is 0.458. The molecule has 1 N–H and O–H groups in total. The predicted octanol–water partition coefficient (Wildman–Crippen LogP) is 3.30. The number of allylic oxidation sites excluding steroid dienone is 1. The highest BCUT2D eigenvalue weighted by atomic mass is 16.4. The van der Waals surface area contributed by atoms with Crippen LogP contribution in [0.4, 0.5) is 5.69 Å². The van der Waals surface area contributed by atoms with Crippen molar-refractivity contribution in [2.75, 3.05) is 19.5 Å². The van der Waals surface area contributed by atoms with Crippen molar-refractivity contribution in [3.05, 3.63) is 41.6 Å². The molecule has 0 bridgehead atoms. The zero-order chi connectivity index (χ0) is 11.4. The van der Waals surface area contributed by atoms with Gasteiger partial charge in [0.1, 0.15) is 0 Å². The summed E-state index contributed by atoms with van der Waals surface area (Å²) in [5.41, 5.74) is 5.02. The molecular formula is C13H19NO. The van der Waals surface area contributed by atoms with Crippen molar-refractivity contribution in [3.8, 4) is 0 Å². The molecule has 82 valence electrons. The van der Waals surface area contributed by atoms with Crippen LogP contribution in [-0.2, 0) is 4.74 Å². The zero-order valence-electron chi connectivity index (χ0n) is 9.92. The average molecular weight is 205 g/mol. The van der Waals surface area contributed by atoms with Crippen molar-refractivity contribution in [2.45, 2.75) is 19.8 Å². The molecular weight excluding hydrogens is 186 g/mol. The van der Waals surface area contributed by atoms with Gasteiger partial charge in [-0.15, -0.1) is 0 Å².